The predicted octanol–water partition coefficient (Wildman–Crippen LogP) is 4.22. The molecule has 2 aromatic heterocycles. The Kier molecular flexibility index (Phi) is 8.29. The number of fused-ring (bicyclic) bond motifs is 1. The number of hydrogen-bond acceptors (Lipinski definition) is 6. The van der Waals surface area contributed by atoms with Crippen LogP contribution in [-0.2, 0) is 30.6 Å². The second kappa shape index (κ2) is 12.2. The van der Waals surface area contributed by atoms with Gasteiger partial charge < -0.3 is 25.3 Å². The van der Waals surface area contributed by atoms with Crippen LogP contribution < -0.4 is 15.8 Å². The number of nitrogens with two attached hydrogens (primary N) is 1. The minimum atomic E-state index is -0.953. The lowest BCUT2D eigenvalue weighted by atomic mass is 10.0. The highest BCUT2D eigenvalue weighted by molar-refractivity contribution is 7.81. The molecule has 5 rings (SSSR count). The van der Waals surface area contributed by atoms with Gasteiger partial charge in [0.1, 0.15) is 16.9 Å². The summed E-state index contributed by atoms with van der Waals surface area (Å²) in [5.41, 5.74) is 10.2. The normalized spacial score (nSPS) is 12.8. The maximum atomic E-state index is 12.8. The first-order valence-corrected chi connectivity index (χ1v) is 13.4. The predicted molar refractivity (Wildman–Crippen MR) is 156 cm³/mol. The molecular formula is C30H32N6O2S. The van der Waals surface area contributed by atoms with Crippen LogP contribution in [0.15, 0.2) is 85.1 Å². The number of para-hydroxylation sites is 1. The highest BCUT2D eigenvalue weighted by Gasteiger charge is 2.26. The first kappa shape index (κ1) is 26.5. The van der Waals surface area contributed by atoms with Crippen LogP contribution >= 0.6 is 12.6 Å². The Morgan fingerprint density at radius 3 is 2.49 bits per heavy atom. The van der Waals surface area contributed by atoms with Gasteiger partial charge in [0.25, 0.3) is 0 Å². The monoisotopic (exact) mass is 540 g/mol. The number of amides is 1. The van der Waals surface area contributed by atoms with Gasteiger partial charge in [-0.15, -0.1) is 10.2 Å². The van der Waals surface area contributed by atoms with E-state index in [2.05, 4.69) is 55.9 Å². The number of carbonyl (C=O) groups is 1. The largest absolute Gasteiger partial charge is 0.497 e. The van der Waals surface area contributed by atoms with E-state index in [-0.39, 0.29) is 5.91 Å². The van der Waals surface area contributed by atoms with Gasteiger partial charge in [-0.25, -0.2) is 0 Å². The van der Waals surface area contributed by atoms with Gasteiger partial charge in [0, 0.05) is 29.9 Å². The number of nitrogens with zero attached hydrogens (tertiary/aromatic N) is 3. The number of rotatable bonds is 11. The molecule has 0 fully saturated rings. The molecule has 2 heterocycles. The molecule has 39 heavy (non-hydrogen) atoms. The van der Waals surface area contributed by atoms with Crippen LogP contribution in [0.5, 0.6) is 5.75 Å². The summed E-state index contributed by atoms with van der Waals surface area (Å²) in [4.78, 5) is 16.1. The standard InChI is InChI=1S/C30H32N6O2S/c1-38-23-14-11-21(12-15-23)19-36-27(16-13-20-7-3-2-4-8-20)34-35-29(36)26(33-30(37)28(31)39)17-22-18-32-25-10-6-5-9-24(22)25/h2-12,14-15,18,26,28,32,39H,13,16-17,19,31H2,1H3,(H,33,37)/t26-,28?/m1/s1. The van der Waals surface area contributed by atoms with Gasteiger partial charge in [0.2, 0.25) is 5.91 Å². The summed E-state index contributed by atoms with van der Waals surface area (Å²) in [6.07, 6.45) is 4.01. The van der Waals surface area contributed by atoms with E-state index in [4.69, 9.17) is 10.5 Å². The van der Waals surface area contributed by atoms with Crippen molar-refractivity contribution in [2.75, 3.05) is 7.11 Å². The fourth-order valence-corrected chi connectivity index (χ4v) is 4.84. The molecule has 0 aliphatic rings. The minimum absolute atomic E-state index is 0.368. The number of benzene rings is 3. The summed E-state index contributed by atoms with van der Waals surface area (Å²) >= 11 is 4.16. The number of aromatic nitrogens is 4. The number of hydrogen-bond donors (Lipinski definition) is 4. The fourth-order valence-electron chi connectivity index (χ4n) is 4.76. The molecule has 2 atom stereocenters. The number of ether oxygens (including phenoxy) is 1. The molecule has 0 saturated heterocycles. The fraction of sp³-hybridized carbons (Fsp3) is 0.233. The summed E-state index contributed by atoms with van der Waals surface area (Å²) in [6.45, 7) is 0.545. The lowest BCUT2D eigenvalue weighted by molar-refractivity contribution is -0.121. The Bertz CT molecular complexity index is 1530. The van der Waals surface area contributed by atoms with Gasteiger partial charge in [-0.3, -0.25) is 4.79 Å². The Hall–Kier alpha value is -4.08. The Morgan fingerprint density at radius 1 is 1.00 bits per heavy atom. The molecule has 0 saturated carbocycles. The average molecular weight is 541 g/mol. The van der Waals surface area contributed by atoms with E-state index in [9.17, 15) is 4.79 Å². The first-order chi connectivity index (χ1) is 19.0. The van der Waals surface area contributed by atoms with Gasteiger partial charge in [0.05, 0.1) is 19.7 Å². The molecule has 9 heteroatoms. The maximum absolute atomic E-state index is 12.8. The van der Waals surface area contributed by atoms with Crippen molar-refractivity contribution < 1.29 is 9.53 Å². The van der Waals surface area contributed by atoms with E-state index >= 15 is 0 Å². The molecule has 4 N–H and O–H groups in total. The summed E-state index contributed by atoms with van der Waals surface area (Å²) in [7, 11) is 1.65. The van der Waals surface area contributed by atoms with E-state index in [1.54, 1.807) is 7.11 Å². The highest BCUT2D eigenvalue weighted by Crippen LogP contribution is 2.26. The molecular weight excluding hydrogens is 508 g/mol. The third-order valence-electron chi connectivity index (χ3n) is 6.83. The number of aryl methyl sites for hydroxylation is 2. The van der Waals surface area contributed by atoms with Gasteiger partial charge in [-0.05, 0) is 41.3 Å². The molecule has 0 aliphatic carbocycles. The Morgan fingerprint density at radius 2 is 1.74 bits per heavy atom. The highest BCUT2D eigenvalue weighted by atomic mass is 32.1. The summed E-state index contributed by atoms with van der Waals surface area (Å²) in [5, 5.41) is 12.4. The van der Waals surface area contributed by atoms with Crippen molar-refractivity contribution in [3.63, 3.8) is 0 Å². The third-order valence-corrected chi connectivity index (χ3v) is 7.07. The molecule has 1 amide bonds. The molecule has 0 aliphatic heterocycles. The number of nitrogens with one attached hydrogen (secondary N) is 2. The number of thiol groups is 1. The smallest absolute Gasteiger partial charge is 0.247 e. The number of methoxy groups -OCH3 is 1. The Labute approximate surface area is 233 Å². The summed E-state index contributed by atoms with van der Waals surface area (Å²) in [6, 6.07) is 25.9. The van der Waals surface area contributed by atoms with Crippen LogP contribution in [0.2, 0.25) is 0 Å². The lowest BCUT2D eigenvalue weighted by Gasteiger charge is -2.21. The van der Waals surface area contributed by atoms with Gasteiger partial charge in [-0.1, -0.05) is 60.7 Å². The van der Waals surface area contributed by atoms with Crippen molar-refractivity contribution in [1.82, 2.24) is 25.1 Å². The van der Waals surface area contributed by atoms with Crippen LogP contribution in [-0.4, -0.2) is 38.1 Å². The van der Waals surface area contributed by atoms with Crippen molar-refractivity contribution in [2.45, 2.75) is 37.2 Å². The quantitative estimate of drug-likeness (QED) is 0.148. The third kappa shape index (κ3) is 6.32. The van der Waals surface area contributed by atoms with Crippen molar-refractivity contribution in [2.24, 2.45) is 5.73 Å². The van der Waals surface area contributed by atoms with E-state index in [0.717, 1.165) is 40.0 Å². The van der Waals surface area contributed by atoms with Crippen molar-refractivity contribution in [3.05, 3.63) is 113 Å². The second-order valence-electron chi connectivity index (χ2n) is 9.46. The number of aromatic amines is 1. The molecule has 0 bridgehead atoms. The molecule has 200 valence electrons. The molecule has 8 nitrogen and oxygen atoms in total. The van der Waals surface area contributed by atoms with Crippen LogP contribution in [0.4, 0.5) is 0 Å². The van der Waals surface area contributed by atoms with Crippen LogP contribution in [0, 0.1) is 0 Å². The topological polar surface area (TPSA) is 111 Å². The van der Waals surface area contributed by atoms with Gasteiger partial charge >= 0.3 is 0 Å². The van der Waals surface area contributed by atoms with Gasteiger partial charge in [-0.2, -0.15) is 12.6 Å². The SMILES string of the molecule is COc1ccc(Cn2c(CCc3ccccc3)nnc2[C@@H](Cc2c[nH]c3ccccc23)NC(=O)C(N)S)cc1. The first-order valence-electron chi connectivity index (χ1n) is 12.9. The number of H-pyrrole nitrogens is 1. The Balaban J connectivity index is 1.52. The van der Waals surface area contributed by atoms with Crippen LogP contribution in [0.3, 0.4) is 0 Å². The minimum Gasteiger partial charge on any atom is -0.497 e. The maximum Gasteiger partial charge on any atom is 0.247 e. The summed E-state index contributed by atoms with van der Waals surface area (Å²) in [5.74, 6) is 1.94. The van der Waals surface area contributed by atoms with E-state index < -0.39 is 11.4 Å². The van der Waals surface area contributed by atoms with Crippen molar-refractivity contribution >= 4 is 29.4 Å². The average Bonchev–Trinajstić information content (AvgIpc) is 3.56. The zero-order chi connectivity index (χ0) is 27.2. The summed E-state index contributed by atoms with van der Waals surface area (Å²) < 4.78 is 7.44. The van der Waals surface area contributed by atoms with E-state index in [0.29, 0.717) is 25.2 Å². The molecule has 1 unspecified atom stereocenters. The second-order valence-corrected chi connectivity index (χ2v) is 10.0. The van der Waals surface area contributed by atoms with Crippen LogP contribution in [0.25, 0.3) is 10.9 Å². The van der Waals surface area contributed by atoms with Gasteiger partial charge in [0.15, 0.2) is 5.82 Å². The molecule has 3 aromatic carbocycles. The zero-order valence-corrected chi connectivity index (χ0v) is 22.6. The van der Waals surface area contributed by atoms with Crippen molar-refractivity contribution in [3.8, 4) is 5.75 Å². The molecule has 0 spiro atoms. The molecule has 5 aromatic rings. The number of carbonyl (C=O) groups excluding carboxylic acids is 1. The van der Waals surface area contributed by atoms with E-state index in [1.807, 2.05) is 66.9 Å². The molecule has 0 radical (unpaired) electrons. The zero-order valence-electron chi connectivity index (χ0n) is 21.7. The van der Waals surface area contributed by atoms with Crippen LogP contribution in [0.1, 0.15) is 34.4 Å². The van der Waals surface area contributed by atoms with E-state index in [1.165, 1.54) is 5.56 Å². The van der Waals surface area contributed by atoms with Crippen molar-refractivity contribution in [1.29, 1.82) is 0 Å². The lowest BCUT2D eigenvalue weighted by Crippen LogP contribution is -2.40.